The average Bonchev–Trinajstić information content (AvgIpc) is 2.01. The summed E-state index contributed by atoms with van der Waals surface area (Å²) in [5.41, 5.74) is 6.11. The summed E-state index contributed by atoms with van der Waals surface area (Å²) >= 11 is 0. The number of hydrogen-bond acceptors (Lipinski definition) is 4. The van der Waals surface area contributed by atoms with E-state index in [0.717, 1.165) is 0 Å². The molecule has 0 saturated carbocycles. The van der Waals surface area contributed by atoms with Crippen molar-refractivity contribution >= 4 is 21.5 Å². The predicted molar refractivity (Wildman–Crippen MR) is 50.2 cm³/mol. The van der Waals surface area contributed by atoms with Gasteiger partial charge in [-0.2, -0.15) is 8.42 Å². The summed E-state index contributed by atoms with van der Waals surface area (Å²) in [5.74, 6) is 0. The van der Waals surface area contributed by atoms with E-state index < -0.39 is 10.1 Å². The number of benzene rings is 1. The molecule has 0 aliphatic carbocycles. The number of rotatable bonds is 2. The van der Waals surface area contributed by atoms with Gasteiger partial charge in [-0.1, -0.05) is 0 Å². The molecule has 0 aliphatic rings. The Hall–Kier alpha value is -1.27. The third kappa shape index (κ3) is 2.10. The predicted octanol–water partition coefficient (Wildman–Crippen LogP) is 0.557. The normalized spacial score (nSPS) is 11.2. The Morgan fingerprint density at radius 3 is 2.46 bits per heavy atom. The fourth-order valence-corrected chi connectivity index (χ4v) is 1.54. The van der Waals surface area contributed by atoms with Gasteiger partial charge in [0.2, 0.25) is 0 Å². The zero-order valence-corrected chi connectivity index (χ0v) is 7.80. The summed E-state index contributed by atoms with van der Waals surface area (Å²) in [7, 11) is -2.53. The molecule has 0 radical (unpaired) electrons. The highest BCUT2D eigenvalue weighted by Gasteiger charge is 2.13. The lowest BCUT2D eigenvalue weighted by Gasteiger charge is -2.04. The van der Waals surface area contributed by atoms with E-state index >= 15 is 0 Å². The fourth-order valence-electron chi connectivity index (χ4n) is 0.939. The average molecular weight is 202 g/mol. The largest absolute Gasteiger partial charge is 0.398 e. The summed E-state index contributed by atoms with van der Waals surface area (Å²) in [6, 6.07) is 4.19. The van der Waals surface area contributed by atoms with Gasteiger partial charge in [-0.3, -0.25) is 4.55 Å². The number of anilines is 2. The number of nitrogen functional groups attached to an aromatic ring is 1. The first kappa shape index (κ1) is 9.82. The molecule has 13 heavy (non-hydrogen) atoms. The standard InChI is InChI=1S/C7H10N2O3S/c1-9-5-2-3-7(6(8)4-5)13(10,11)12/h2-4,9H,8H2,1H3,(H,10,11,12). The van der Waals surface area contributed by atoms with Gasteiger partial charge in [0.1, 0.15) is 4.90 Å². The van der Waals surface area contributed by atoms with Gasteiger partial charge >= 0.3 is 0 Å². The lowest BCUT2D eigenvalue weighted by Crippen LogP contribution is -2.03. The Bertz CT molecular complexity index is 414. The van der Waals surface area contributed by atoms with E-state index in [1.807, 2.05) is 0 Å². The van der Waals surface area contributed by atoms with Gasteiger partial charge in [0.25, 0.3) is 10.1 Å². The minimum atomic E-state index is -4.21. The third-order valence-corrected chi connectivity index (χ3v) is 2.50. The molecule has 0 heterocycles. The molecular formula is C7H10N2O3S. The molecule has 0 bridgehead atoms. The summed E-state index contributed by atoms with van der Waals surface area (Å²) in [6.07, 6.45) is 0. The fraction of sp³-hybridized carbons (Fsp3) is 0.143. The molecule has 0 unspecified atom stereocenters. The van der Waals surface area contributed by atoms with Crippen LogP contribution in [0, 0.1) is 0 Å². The van der Waals surface area contributed by atoms with Crippen molar-refractivity contribution in [3.05, 3.63) is 18.2 Å². The summed E-state index contributed by atoms with van der Waals surface area (Å²) in [4.78, 5) is -0.272. The second kappa shape index (κ2) is 3.23. The van der Waals surface area contributed by atoms with Crippen LogP contribution in [0.1, 0.15) is 0 Å². The molecule has 1 aromatic carbocycles. The molecular weight excluding hydrogens is 192 g/mol. The smallest absolute Gasteiger partial charge is 0.296 e. The van der Waals surface area contributed by atoms with E-state index in [0.29, 0.717) is 5.69 Å². The Morgan fingerprint density at radius 2 is 2.08 bits per heavy atom. The quantitative estimate of drug-likeness (QED) is 0.481. The van der Waals surface area contributed by atoms with Crippen molar-refractivity contribution < 1.29 is 13.0 Å². The van der Waals surface area contributed by atoms with Crippen LogP contribution >= 0.6 is 0 Å². The second-order valence-corrected chi connectivity index (χ2v) is 3.87. The van der Waals surface area contributed by atoms with Crippen molar-refractivity contribution in [3.8, 4) is 0 Å². The molecule has 0 saturated heterocycles. The third-order valence-electron chi connectivity index (χ3n) is 1.58. The van der Waals surface area contributed by atoms with E-state index in [4.69, 9.17) is 10.3 Å². The first-order chi connectivity index (χ1) is 5.95. The summed E-state index contributed by atoms with van der Waals surface area (Å²) in [6.45, 7) is 0. The summed E-state index contributed by atoms with van der Waals surface area (Å²) < 4.78 is 30.1. The maximum atomic E-state index is 10.7. The van der Waals surface area contributed by atoms with E-state index in [2.05, 4.69) is 5.32 Å². The van der Waals surface area contributed by atoms with Crippen molar-refractivity contribution in [3.63, 3.8) is 0 Å². The van der Waals surface area contributed by atoms with Crippen LogP contribution in [0.3, 0.4) is 0 Å². The van der Waals surface area contributed by atoms with Crippen LogP contribution in [0.25, 0.3) is 0 Å². The lowest BCUT2D eigenvalue weighted by atomic mass is 10.3. The maximum absolute atomic E-state index is 10.7. The Balaban J connectivity index is 3.29. The van der Waals surface area contributed by atoms with Crippen molar-refractivity contribution in [1.82, 2.24) is 0 Å². The zero-order chi connectivity index (χ0) is 10.1. The van der Waals surface area contributed by atoms with Crippen molar-refractivity contribution in [1.29, 1.82) is 0 Å². The Morgan fingerprint density at radius 1 is 1.46 bits per heavy atom. The van der Waals surface area contributed by atoms with Gasteiger partial charge in [-0.15, -0.1) is 0 Å². The minimum absolute atomic E-state index is 0.0225. The Kier molecular flexibility index (Phi) is 2.44. The monoisotopic (exact) mass is 202 g/mol. The first-order valence-electron chi connectivity index (χ1n) is 3.50. The van der Waals surface area contributed by atoms with Gasteiger partial charge in [0, 0.05) is 12.7 Å². The van der Waals surface area contributed by atoms with E-state index in [-0.39, 0.29) is 10.6 Å². The number of nitrogens with one attached hydrogen (secondary N) is 1. The molecule has 1 aromatic rings. The van der Waals surface area contributed by atoms with E-state index in [1.165, 1.54) is 18.2 Å². The highest BCUT2D eigenvalue weighted by atomic mass is 32.2. The van der Waals surface area contributed by atoms with Crippen LogP contribution in [0.5, 0.6) is 0 Å². The SMILES string of the molecule is CNc1ccc(S(=O)(=O)O)c(N)c1. The van der Waals surface area contributed by atoms with Crippen LogP contribution in [0.2, 0.25) is 0 Å². The number of hydrogen-bond donors (Lipinski definition) is 3. The lowest BCUT2D eigenvalue weighted by molar-refractivity contribution is 0.483. The molecule has 72 valence electrons. The van der Waals surface area contributed by atoms with E-state index in [1.54, 1.807) is 7.05 Å². The van der Waals surface area contributed by atoms with Crippen LogP contribution in [-0.4, -0.2) is 20.0 Å². The molecule has 5 nitrogen and oxygen atoms in total. The van der Waals surface area contributed by atoms with Gasteiger partial charge in [-0.05, 0) is 18.2 Å². The zero-order valence-electron chi connectivity index (χ0n) is 6.98. The summed E-state index contributed by atoms with van der Waals surface area (Å²) in [5, 5.41) is 2.79. The molecule has 4 N–H and O–H groups in total. The van der Waals surface area contributed by atoms with Gasteiger partial charge in [0.05, 0.1) is 5.69 Å². The minimum Gasteiger partial charge on any atom is -0.398 e. The van der Waals surface area contributed by atoms with Crippen LogP contribution in [0.15, 0.2) is 23.1 Å². The maximum Gasteiger partial charge on any atom is 0.296 e. The molecule has 1 rings (SSSR count). The number of nitrogens with two attached hydrogens (primary N) is 1. The molecule has 0 aromatic heterocycles. The molecule has 0 amide bonds. The molecule has 0 atom stereocenters. The molecule has 6 heteroatoms. The van der Waals surface area contributed by atoms with Crippen molar-refractivity contribution in [2.24, 2.45) is 0 Å². The van der Waals surface area contributed by atoms with Crippen LogP contribution < -0.4 is 11.1 Å². The highest BCUT2D eigenvalue weighted by Crippen LogP contribution is 2.21. The first-order valence-corrected chi connectivity index (χ1v) is 4.94. The molecule has 0 aliphatic heterocycles. The van der Waals surface area contributed by atoms with Gasteiger partial charge in [0.15, 0.2) is 0 Å². The van der Waals surface area contributed by atoms with Crippen LogP contribution in [-0.2, 0) is 10.1 Å². The van der Waals surface area contributed by atoms with Crippen molar-refractivity contribution in [2.75, 3.05) is 18.1 Å². The highest BCUT2D eigenvalue weighted by molar-refractivity contribution is 7.86. The molecule has 0 fully saturated rings. The Labute approximate surface area is 76.3 Å². The van der Waals surface area contributed by atoms with Crippen molar-refractivity contribution in [2.45, 2.75) is 4.90 Å². The van der Waals surface area contributed by atoms with Gasteiger partial charge in [-0.25, -0.2) is 0 Å². The topological polar surface area (TPSA) is 92.4 Å². The molecule has 0 spiro atoms. The van der Waals surface area contributed by atoms with Gasteiger partial charge < -0.3 is 11.1 Å². The van der Waals surface area contributed by atoms with Crippen LogP contribution in [0.4, 0.5) is 11.4 Å². The second-order valence-electron chi connectivity index (χ2n) is 2.48. The van der Waals surface area contributed by atoms with E-state index in [9.17, 15) is 8.42 Å².